The lowest BCUT2D eigenvalue weighted by molar-refractivity contribution is 0.224. The minimum absolute atomic E-state index is 0. The van der Waals surface area contributed by atoms with Crippen molar-refractivity contribution in [3.8, 4) is 5.75 Å². The molecule has 1 aromatic heterocycles. The lowest BCUT2D eigenvalue weighted by atomic mass is 10.2. The Morgan fingerprint density at radius 1 is 1.23 bits per heavy atom. The van der Waals surface area contributed by atoms with Crippen molar-refractivity contribution in [2.45, 2.75) is 40.3 Å². The van der Waals surface area contributed by atoms with Crippen LogP contribution in [-0.2, 0) is 13.6 Å². The van der Waals surface area contributed by atoms with E-state index < -0.39 is 0 Å². The van der Waals surface area contributed by atoms with E-state index in [9.17, 15) is 0 Å². The second kappa shape index (κ2) is 11.1. The molecular weight excluding hydrogens is 441 g/mol. The lowest BCUT2D eigenvalue weighted by Crippen LogP contribution is -2.41. The van der Waals surface area contributed by atoms with E-state index in [-0.39, 0.29) is 30.1 Å². The van der Waals surface area contributed by atoms with Gasteiger partial charge in [-0.3, -0.25) is 4.68 Å². The number of para-hydroxylation sites is 1. The van der Waals surface area contributed by atoms with Gasteiger partial charge >= 0.3 is 0 Å². The van der Waals surface area contributed by atoms with E-state index in [0.29, 0.717) is 13.1 Å². The van der Waals surface area contributed by atoms with Crippen LogP contribution in [0, 0.1) is 13.8 Å². The zero-order chi connectivity index (χ0) is 18.2. The van der Waals surface area contributed by atoms with Gasteiger partial charge in [0.1, 0.15) is 11.9 Å². The Labute approximate surface area is 173 Å². The van der Waals surface area contributed by atoms with Crippen LogP contribution < -0.4 is 15.4 Å². The van der Waals surface area contributed by atoms with Gasteiger partial charge in [0, 0.05) is 24.8 Å². The molecule has 0 saturated carbocycles. The molecule has 0 aliphatic carbocycles. The molecule has 0 fully saturated rings. The SMILES string of the molecule is CCNC(=NCc1c(C)nn(C)c1C)NCC(C)Oc1ccccc1.I. The number of benzene rings is 1. The summed E-state index contributed by atoms with van der Waals surface area (Å²) >= 11 is 0. The van der Waals surface area contributed by atoms with Crippen molar-refractivity contribution in [1.82, 2.24) is 20.4 Å². The van der Waals surface area contributed by atoms with Crippen molar-refractivity contribution in [2.75, 3.05) is 13.1 Å². The fourth-order valence-electron chi connectivity index (χ4n) is 2.56. The van der Waals surface area contributed by atoms with Crippen LogP contribution in [0.15, 0.2) is 35.3 Å². The molecule has 0 aliphatic heterocycles. The van der Waals surface area contributed by atoms with Crippen LogP contribution in [0.2, 0.25) is 0 Å². The highest BCUT2D eigenvalue weighted by molar-refractivity contribution is 14.0. The highest BCUT2D eigenvalue weighted by Crippen LogP contribution is 2.13. The zero-order valence-electron chi connectivity index (χ0n) is 16.2. The molecule has 2 N–H and O–H groups in total. The van der Waals surface area contributed by atoms with E-state index in [1.165, 1.54) is 5.56 Å². The van der Waals surface area contributed by atoms with E-state index in [2.05, 4.69) is 34.6 Å². The number of aliphatic imine (C=N–C) groups is 1. The second-order valence-corrected chi connectivity index (χ2v) is 6.09. The van der Waals surface area contributed by atoms with Crippen molar-refractivity contribution >= 4 is 29.9 Å². The van der Waals surface area contributed by atoms with Gasteiger partial charge in [-0.25, -0.2) is 4.99 Å². The third kappa shape index (κ3) is 6.51. The first-order valence-corrected chi connectivity index (χ1v) is 8.74. The molecule has 0 saturated heterocycles. The molecule has 144 valence electrons. The lowest BCUT2D eigenvalue weighted by Gasteiger charge is -2.17. The van der Waals surface area contributed by atoms with E-state index in [0.717, 1.165) is 29.6 Å². The van der Waals surface area contributed by atoms with Crippen molar-refractivity contribution in [2.24, 2.45) is 12.0 Å². The minimum Gasteiger partial charge on any atom is -0.489 e. The van der Waals surface area contributed by atoms with Crippen molar-refractivity contribution in [3.63, 3.8) is 0 Å². The first-order chi connectivity index (χ1) is 12.0. The van der Waals surface area contributed by atoms with E-state index >= 15 is 0 Å². The van der Waals surface area contributed by atoms with Crippen LogP contribution in [0.4, 0.5) is 0 Å². The first kappa shape index (κ1) is 22.3. The fourth-order valence-corrected chi connectivity index (χ4v) is 2.56. The molecule has 0 spiro atoms. The predicted molar refractivity (Wildman–Crippen MR) is 117 cm³/mol. The summed E-state index contributed by atoms with van der Waals surface area (Å²) in [6.07, 6.45) is 0.0353. The van der Waals surface area contributed by atoms with Crippen LogP contribution in [0.1, 0.15) is 30.8 Å². The maximum Gasteiger partial charge on any atom is 0.191 e. The maximum absolute atomic E-state index is 5.89. The van der Waals surface area contributed by atoms with Crippen LogP contribution in [-0.4, -0.2) is 34.9 Å². The number of ether oxygens (including phenoxy) is 1. The Hall–Kier alpha value is -1.77. The second-order valence-electron chi connectivity index (χ2n) is 6.09. The number of halogens is 1. The molecule has 1 aromatic carbocycles. The first-order valence-electron chi connectivity index (χ1n) is 8.74. The van der Waals surface area contributed by atoms with Crippen LogP contribution in [0.5, 0.6) is 5.75 Å². The summed E-state index contributed by atoms with van der Waals surface area (Å²) in [6.45, 7) is 10.3. The Balaban J connectivity index is 0.00000338. The highest BCUT2D eigenvalue weighted by Gasteiger charge is 2.10. The summed E-state index contributed by atoms with van der Waals surface area (Å²) < 4.78 is 7.79. The average Bonchev–Trinajstić information content (AvgIpc) is 2.83. The molecular formula is C19H30IN5O. The molecule has 6 nitrogen and oxygen atoms in total. The van der Waals surface area contributed by atoms with Gasteiger partial charge < -0.3 is 15.4 Å². The van der Waals surface area contributed by atoms with Crippen molar-refractivity contribution in [1.29, 1.82) is 0 Å². The molecule has 0 amide bonds. The molecule has 2 rings (SSSR count). The Morgan fingerprint density at radius 2 is 1.92 bits per heavy atom. The van der Waals surface area contributed by atoms with E-state index in [1.54, 1.807) is 0 Å². The Kier molecular flexibility index (Phi) is 9.47. The normalized spacial score (nSPS) is 12.3. The van der Waals surface area contributed by atoms with Gasteiger partial charge in [0.2, 0.25) is 0 Å². The minimum atomic E-state index is 0. The molecule has 1 heterocycles. The number of guanidine groups is 1. The molecule has 0 aliphatic rings. The largest absolute Gasteiger partial charge is 0.489 e. The smallest absolute Gasteiger partial charge is 0.191 e. The number of hydrogen-bond donors (Lipinski definition) is 2. The topological polar surface area (TPSA) is 63.5 Å². The molecule has 1 atom stereocenters. The van der Waals surface area contributed by atoms with Crippen molar-refractivity contribution < 1.29 is 4.74 Å². The van der Waals surface area contributed by atoms with Crippen LogP contribution >= 0.6 is 24.0 Å². The summed E-state index contributed by atoms with van der Waals surface area (Å²) in [5.41, 5.74) is 3.35. The summed E-state index contributed by atoms with van der Waals surface area (Å²) in [7, 11) is 1.96. The molecule has 7 heteroatoms. The third-order valence-corrected chi connectivity index (χ3v) is 4.04. The number of nitrogens with one attached hydrogen (secondary N) is 2. The molecule has 0 radical (unpaired) electrons. The summed E-state index contributed by atoms with van der Waals surface area (Å²) in [6, 6.07) is 9.85. The summed E-state index contributed by atoms with van der Waals surface area (Å²) in [4.78, 5) is 4.68. The van der Waals surface area contributed by atoms with Gasteiger partial charge in [0.15, 0.2) is 5.96 Å². The number of aromatic nitrogens is 2. The van der Waals surface area contributed by atoms with Crippen LogP contribution in [0.25, 0.3) is 0 Å². The highest BCUT2D eigenvalue weighted by atomic mass is 127. The number of rotatable bonds is 7. The third-order valence-electron chi connectivity index (χ3n) is 4.04. The Morgan fingerprint density at radius 3 is 2.50 bits per heavy atom. The quantitative estimate of drug-likeness (QED) is 0.370. The van der Waals surface area contributed by atoms with Gasteiger partial charge in [0.05, 0.1) is 18.8 Å². The average molecular weight is 471 g/mol. The van der Waals surface area contributed by atoms with Gasteiger partial charge in [0.25, 0.3) is 0 Å². The molecule has 1 unspecified atom stereocenters. The standard InChI is InChI=1S/C19H29N5O.HI/c1-6-20-19(22-13-18-15(3)23-24(5)16(18)4)21-12-14(2)25-17-10-8-7-9-11-17;/h7-11,14H,6,12-13H2,1-5H3,(H2,20,21,22);1H. The van der Waals surface area contributed by atoms with Crippen molar-refractivity contribution in [3.05, 3.63) is 47.3 Å². The van der Waals surface area contributed by atoms with Gasteiger partial charge in [-0.05, 0) is 39.8 Å². The van der Waals surface area contributed by atoms with E-state index in [1.807, 2.05) is 55.9 Å². The Bertz CT molecular complexity index is 699. The number of nitrogens with zero attached hydrogens (tertiary/aromatic N) is 3. The predicted octanol–water partition coefficient (Wildman–Crippen LogP) is 3.18. The molecule has 0 bridgehead atoms. The summed E-state index contributed by atoms with van der Waals surface area (Å²) in [5, 5.41) is 11.1. The van der Waals surface area contributed by atoms with Crippen LogP contribution in [0.3, 0.4) is 0 Å². The molecule has 2 aromatic rings. The number of aryl methyl sites for hydroxylation is 2. The molecule has 26 heavy (non-hydrogen) atoms. The fraction of sp³-hybridized carbons (Fsp3) is 0.474. The summed E-state index contributed by atoms with van der Waals surface area (Å²) in [5.74, 6) is 1.66. The maximum atomic E-state index is 5.89. The van der Waals surface area contributed by atoms with Gasteiger partial charge in [-0.2, -0.15) is 5.10 Å². The zero-order valence-corrected chi connectivity index (χ0v) is 18.6. The number of hydrogen-bond acceptors (Lipinski definition) is 3. The van der Waals surface area contributed by atoms with Gasteiger partial charge in [-0.1, -0.05) is 18.2 Å². The monoisotopic (exact) mass is 471 g/mol. The van der Waals surface area contributed by atoms with E-state index in [4.69, 9.17) is 4.74 Å². The van der Waals surface area contributed by atoms with Gasteiger partial charge in [-0.15, -0.1) is 24.0 Å².